The summed E-state index contributed by atoms with van der Waals surface area (Å²) in [5.74, 6) is 0.562. The van der Waals surface area contributed by atoms with Gasteiger partial charge in [0, 0.05) is 11.6 Å². The summed E-state index contributed by atoms with van der Waals surface area (Å²) in [5, 5.41) is 14.5. The molecule has 1 aliphatic carbocycles. The van der Waals surface area contributed by atoms with Gasteiger partial charge in [-0.2, -0.15) is 0 Å². The number of unbranched alkanes of at least 4 members (excludes halogenated alkanes) is 2. The van der Waals surface area contributed by atoms with Gasteiger partial charge in [-0.05, 0) is 56.4 Å². The van der Waals surface area contributed by atoms with Gasteiger partial charge < -0.3 is 10.4 Å². The first-order valence-corrected chi connectivity index (χ1v) is 8.92. The lowest BCUT2D eigenvalue weighted by Crippen LogP contribution is -2.51. The van der Waals surface area contributed by atoms with Crippen molar-refractivity contribution >= 4 is 0 Å². The number of fused-ring (bicyclic) bond motifs is 3. The van der Waals surface area contributed by atoms with E-state index in [-0.39, 0.29) is 17.5 Å². The van der Waals surface area contributed by atoms with E-state index in [9.17, 15) is 5.11 Å². The van der Waals surface area contributed by atoms with E-state index in [1.165, 1.54) is 41.5 Å². The van der Waals surface area contributed by atoms with E-state index < -0.39 is 0 Å². The first-order valence-electron chi connectivity index (χ1n) is 8.92. The molecule has 0 aromatic heterocycles. The van der Waals surface area contributed by atoms with Crippen LogP contribution in [0.1, 0.15) is 69.1 Å². The van der Waals surface area contributed by atoms with Gasteiger partial charge in [0.05, 0.1) is 5.92 Å². The number of aryl methyl sites for hydroxylation is 1. The second-order valence-corrected chi connectivity index (χ2v) is 7.63. The van der Waals surface area contributed by atoms with E-state index in [1.807, 2.05) is 6.08 Å². The number of hydrogen-bond donors (Lipinski definition) is 2. The third-order valence-electron chi connectivity index (χ3n) is 5.22. The van der Waals surface area contributed by atoms with Crippen LogP contribution in [0.25, 0.3) is 0 Å². The Morgan fingerprint density at radius 1 is 1.22 bits per heavy atom. The molecule has 3 rings (SSSR count). The fourth-order valence-electron chi connectivity index (χ4n) is 4.05. The Balaban J connectivity index is 1.96. The van der Waals surface area contributed by atoms with Gasteiger partial charge in [0.1, 0.15) is 5.76 Å². The zero-order chi connectivity index (χ0) is 16.6. The van der Waals surface area contributed by atoms with Gasteiger partial charge in [0.25, 0.3) is 0 Å². The first-order chi connectivity index (χ1) is 10.9. The highest BCUT2D eigenvalue weighted by atomic mass is 16.3. The predicted octanol–water partition coefficient (Wildman–Crippen LogP) is 5.25. The number of rotatable bonds is 4. The number of allylic oxidation sites excluding steroid dienone is 2. The molecule has 2 unspecified atom stereocenters. The number of aliphatic hydroxyl groups is 1. The van der Waals surface area contributed by atoms with Gasteiger partial charge in [-0.25, -0.2) is 0 Å². The molecule has 2 atom stereocenters. The van der Waals surface area contributed by atoms with Crippen molar-refractivity contribution in [1.29, 1.82) is 0 Å². The van der Waals surface area contributed by atoms with Crippen LogP contribution in [0.3, 0.4) is 0 Å². The number of aliphatic hydroxyl groups excluding tert-OH is 1. The van der Waals surface area contributed by atoms with Crippen molar-refractivity contribution < 1.29 is 5.11 Å². The van der Waals surface area contributed by atoms with Crippen LogP contribution in [0.4, 0.5) is 0 Å². The number of benzene rings is 1. The summed E-state index contributed by atoms with van der Waals surface area (Å²) >= 11 is 0. The Morgan fingerprint density at radius 3 is 2.74 bits per heavy atom. The minimum Gasteiger partial charge on any atom is -0.512 e. The summed E-state index contributed by atoms with van der Waals surface area (Å²) in [5.41, 5.74) is 5.03. The third-order valence-corrected chi connectivity index (χ3v) is 5.22. The first kappa shape index (κ1) is 16.3. The van der Waals surface area contributed by atoms with Crippen molar-refractivity contribution in [2.75, 3.05) is 0 Å². The molecule has 1 aromatic rings. The quantitative estimate of drug-likeness (QED) is 0.745. The van der Waals surface area contributed by atoms with Crippen LogP contribution in [0.5, 0.6) is 0 Å². The van der Waals surface area contributed by atoms with E-state index in [0.717, 1.165) is 6.42 Å². The maximum atomic E-state index is 10.7. The Morgan fingerprint density at radius 2 is 2.00 bits per heavy atom. The molecule has 0 amide bonds. The smallest absolute Gasteiger partial charge is 0.102 e. The van der Waals surface area contributed by atoms with Crippen molar-refractivity contribution in [3.8, 4) is 0 Å². The van der Waals surface area contributed by atoms with Crippen molar-refractivity contribution in [2.45, 2.75) is 70.9 Å². The predicted molar refractivity (Wildman–Crippen MR) is 96.8 cm³/mol. The lowest BCUT2D eigenvalue weighted by Gasteiger charge is -2.44. The van der Waals surface area contributed by atoms with Crippen LogP contribution >= 0.6 is 0 Å². The standard InChI is InChI=1S/C21H29NO/c1-5-6-7-8-15-12-18-20(19(23)13-15)16-11-14(2)9-10-17(16)21(3,4)22-18/h9-13,18,20,22-23H,5-8H2,1-4H3. The summed E-state index contributed by atoms with van der Waals surface area (Å²) in [6.45, 7) is 8.82. The maximum absolute atomic E-state index is 10.7. The number of hydrogen-bond acceptors (Lipinski definition) is 2. The largest absolute Gasteiger partial charge is 0.512 e. The molecule has 0 spiro atoms. The molecule has 0 saturated carbocycles. The molecule has 23 heavy (non-hydrogen) atoms. The minimum atomic E-state index is -0.0765. The summed E-state index contributed by atoms with van der Waals surface area (Å²) in [7, 11) is 0. The van der Waals surface area contributed by atoms with Crippen molar-refractivity contribution in [3.05, 3.63) is 58.4 Å². The second-order valence-electron chi connectivity index (χ2n) is 7.63. The molecular weight excluding hydrogens is 282 g/mol. The molecule has 2 aliphatic rings. The molecule has 1 aromatic carbocycles. The molecular formula is C21H29NO. The van der Waals surface area contributed by atoms with E-state index >= 15 is 0 Å². The van der Waals surface area contributed by atoms with Crippen LogP contribution in [0.15, 0.2) is 41.7 Å². The summed E-state index contributed by atoms with van der Waals surface area (Å²) in [6, 6.07) is 6.80. The van der Waals surface area contributed by atoms with E-state index in [2.05, 4.69) is 57.3 Å². The van der Waals surface area contributed by atoms with Gasteiger partial charge in [0.15, 0.2) is 0 Å². The average molecular weight is 311 g/mol. The van der Waals surface area contributed by atoms with Crippen LogP contribution in [-0.4, -0.2) is 11.1 Å². The fourth-order valence-corrected chi connectivity index (χ4v) is 4.05. The van der Waals surface area contributed by atoms with E-state index in [4.69, 9.17) is 0 Å². The Bertz CT molecular complexity index is 654. The van der Waals surface area contributed by atoms with Crippen molar-refractivity contribution in [1.82, 2.24) is 5.32 Å². The summed E-state index contributed by atoms with van der Waals surface area (Å²) in [4.78, 5) is 0. The van der Waals surface area contributed by atoms with Gasteiger partial charge >= 0.3 is 0 Å². The second kappa shape index (κ2) is 6.16. The normalized spacial score (nSPS) is 25.2. The van der Waals surface area contributed by atoms with Crippen LogP contribution in [0, 0.1) is 6.92 Å². The molecule has 2 heteroatoms. The fraction of sp³-hybridized carbons (Fsp3) is 0.524. The SMILES string of the molecule is CCCCCC1=CC2NC(C)(C)c3ccc(C)cc3C2C(O)=C1. The van der Waals surface area contributed by atoms with Gasteiger partial charge in [-0.15, -0.1) is 0 Å². The molecule has 0 radical (unpaired) electrons. The maximum Gasteiger partial charge on any atom is 0.102 e. The lowest BCUT2D eigenvalue weighted by atomic mass is 9.72. The highest BCUT2D eigenvalue weighted by molar-refractivity contribution is 5.49. The highest BCUT2D eigenvalue weighted by Gasteiger charge is 2.40. The third kappa shape index (κ3) is 3.10. The van der Waals surface area contributed by atoms with Crippen molar-refractivity contribution in [3.63, 3.8) is 0 Å². The summed E-state index contributed by atoms with van der Waals surface area (Å²) < 4.78 is 0. The zero-order valence-electron chi connectivity index (χ0n) is 14.8. The van der Waals surface area contributed by atoms with Crippen LogP contribution in [-0.2, 0) is 5.54 Å². The molecule has 1 heterocycles. The Labute approximate surface area is 140 Å². The molecule has 2 N–H and O–H groups in total. The molecule has 2 nitrogen and oxygen atoms in total. The molecule has 0 saturated heterocycles. The van der Waals surface area contributed by atoms with Gasteiger partial charge in [-0.3, -0.25) is 0 Å². The molecule has 0 fully saturated rings. The molecule has 1 aliphatic heterocycles. The highest BCUT2D eigenvalue weighted by Crippen LogP contribution is 2.43. The average Bonchev–Trinajstić information content (AvgIpc) is 2.46. The Hall–Kier alpha value is -1.54. The van der Waals surface area contributed by atoms with Crippen LogP contribution in [0.2, 0.25) is 0 Å². The van der Waals surface area contributed by atoms with Gasteiger partial charge in [0.2, 0.25) is 0 Å². The monoisotopic (exact) mass is 311 g/mol. The topological polar surface area (TPSA) is 32.3 Å². The Kier molecular flexibility index (Phi) is 4.37. The van der Waals surface area contributed by atoms with Crippen LogP contribution < -0.4 is 5.32 Å². The van der Waals surface area contributed by atoms with Crippen molar-refractivity contribution in [2.24, 2.45) is 0 Å². The zero-order valence-corrected chi connectivity index (χ0v) is 14.8. The van der Waals surface area contributed by atoms with E-state index in [0.29, 0.717) is 5.76 Å². The number of nitrogens with one attached hydrogen (secondary N) is 1. The molecule has 124 valence electrons. The van der Waals surface area contributed by atoms with Gasteiger partial charge in [-0.1, -0.05) is 49.6 Å². The summed E-state index contributed by atoms with van der Waals surface area (Å²) in [6.07, 6.45) is 9.08. The lowest BCUT2D eigenvalue weighted by molar-refractivity contribution is 0.270. The molecule has 0 bridgehead atoms. The minimum absolute atomic E-state index is 0.0489. The van der Waals surface area contributed by atoms with E-state index in [1.54, 1.807) is 0 Å².